The van der Waals surface area contributed by atoms with Gasteiger partial charge in [-0.15, -0.1) is 0 Å². The van der Waals surface area contributed by atoms with Gasteiger partial charge in [-0.05, 0) is 123 Å². The molecule has 0 amide bonds. The maximum absolute atomic E-state index is 10.6. The maximum atomic E-state index is 10.6. The fraction of sp³-hybridized carbons (Fsp3) is 0.477. The van der Waals surface area contributed by atoms with Crippen molar-refractivity contribution in [3.8, 4) is 45.9 Å². The third kappa shape index (κ3) is 9.31. The standard InChI is InChI=1S/C22H27N5O3.C22H28N4O3/c1-4-27-17-13-22(2,3)11-9-16(17)19(25-27)21-24-20(26-30-21)14-5-7-15(8-6-14)23-12-10-18(28)29;1-12-7-14(8-13(2)17(12)9-15(28)11-27)20-23-21(29-26-20)19-16-5-6-22(3,4)10-18(16)24-25-19/h5-8,23H,4,9-13H2,1-3H3,(H,28,29);7-8,15,27-28H,5-6,9-11H2,1-4H3,(H,24,25). The van der Waals surface area contributed by atoms with Crippen molar-refractivity contribution in [1.29, 1.82) is 0 Å². The molecule has 0 spiro atoms. The first-order valence-corrected chi connectivity index (χ1v) is 20.4. The van der Waals surface area contributed by atoms with Crippen molar-refractivity contribution < 1.29 is 29.2 Å². The van der Waals surface area contributed by atoms with Gasteiger partial charge in [0.05, 0.1) is 19.1 Å². The molecule has 15 nitrogen and oxygen atoms in total. The van der Waals surface area contributed by atoms with Crippen LogP contribution in [0.25, 0.3) is 45.9 Å². The molecule has 1 unspecified atom stereocenters. The Balaban J connectivity index is 0.000000179. The monoisotopic (exact) mass is 805 g/mol. The second-order valence-electron chi connectivity index (χ2n) is 17.4. The number of hydrogen-bond acceptors (Lipinski definition) is 12. The second-order valence-corrected chi connectivity index (χ2v) is 17.4. The topological polar surface area (TPSA) is 214 Å². The number of nitrogens with one attached hydrogen (secondary N) is 2. The van der Waals surface area contributed by atoms with Crippen LogP contribution < -0.4 is 5.32 Å². The van der Waals surface area contributed by atoms with Gasteiger partial charge in [0.25, 0.3) is 11.8 Å². The molecule has 2 aliphatic rings. The van der Waals surface area contributed by atoms with Gasteiger partial charge in [0.15, 0.2) is 11.4 Å². The van der Waals surface area contributed by atoms with Gasteiger partial charge in [0.1, 0.15) is 0 Å². The molecule has 1 atom stereocenters. The number of anilines is 1. The van der Waals surface area contributed by atoms with Gasteiger partial charge in [-0.2, -0.15) is 20.2 Å². The summed E-state index contributed by atoms with van der Waals surface area (Å²) in [5, 5.41) is 51.4. The van der Waals surface area contributed by atoms with Crippen molar-refractivity contribution >= 4 is 11.7 Å². The number of aromatic nitrogens is 8. The first-order chi connectivity index (χ1) is 28.1. The zero-order valence-electron chi connectivity index (χ0n) is 35.0. The largest absolute Gasteiger partial charge is 0.481 e. The number of aliphatic carboxylic acids is 1. The Hall–Kier alpha value is -5.67. The maximum Gasteiger partial charge on any atom is 0.305 e. The summed E-state index contributed by atoms with van der Waals surface area (Å²) in [4.78, 5) is 19.8. The minimum Gasteiger partial charge on any atom is -0.481 e. The van der Waals surface area contributed by atoms with Crippen LogP contribution in [0.3, 0.4) is 0 Å². The first-order valence-electron chi connectivity index (χ1n) is 20.4. The van der Waals surface area contributed by atoms with E-state index < -0.39 is 12.1 Å². The number of aliphatic hydroxyl groups excluding tert-OH is 2. The van der Waals surface area contributed by atoms with Gasteiger partial charge in [0.2, 0.25) is 11.6 Å². The van der Waals surface area contributed by atoms with Crippen LogP contribution in [0.4, 0.5) is 5.69 Å². The summed E-state index contributed by atoms with van der Waals surface area (Å²) in [6.45, 7) is 16.2. The van der Waals surface area contributed by atoms with E-state index in [1.807, 2.05) is 50.2 Å². The number of hydrogen-bond donors (Lipinski definition) is 5. The smallest absolute Gasteiger partial charge is 0.305 e. The summed E-state index contributed by atoms with van der Waals surface area (Å²) >= 11 is 0. The van der Waals surface area contributed by atoms with Crippen molar-refractivity contribution in [3.63, 3.8) is 0 Å². The molecule has 15 heteroatoms. The summed E-state index contributed by atoms with van der Waals surface area (Å²) in [5.74, 6) is 1.10. The molecule has 5 N–H and O–H groups in total. The Morgan fingerprint density at radius 3 is 2.14 bits per heavy atom. The van der Waals surface area contributed by atoms with Crippen molar-refractivity contribution in [1.82, 2.24) is 40.3 Å². The minimum absolute atomic E-state index is 0.0713. The number of nitrogens with zero attached hydrogens (tertiary/aromatic N) is 7. The van der Waals surface area contributed by atoms with Crippen LogP contribution in [0.2, 0.25) is 0 Å². The van der Waals surface area contributed by atoms with Crippen LogP contribution in [0.1, 0.15) is 93.1 Å². The molecule has 2 aromatic carbocycles. The lowest BCUT2D eigenvalue weighted by atomic mass is 9.76. The number of carboxylic acids is 1. The minimum atomic E-state index is -0.824. The average molecular weight is 806 g/mol. The number of aliphatic hydroxyl groups is 2. The van der Waals surface area contributed by atoms with E-state index in [-0.39, 0.29) is 23.9 Å². The molecule has 2 aliphatic carbocycles. The quantitative estimate of drug-likeness (QED) is 0.0830. The van der Waals surface area contributed by atoms with E-state index in [0.717, 1.165) is 95.7 Å². The average Bonchev–Trinajstić information content (AvgIpc) is 4.01. The lowest BCUT2D eigenvalue weighted by Gasteiger charge is -2.30. The highest BCUT2D eigenvalue weighted by Gasteiger charge is 2.33. The molecule has 59 heavy (non-hydrogen) atoms. The number of aromatic amines is 1. The van der Waals surface area contributed by atoms with Crippen LogP contribution in [0, 0.1) is 24.7 Å². The number of H-pyrrole nitrogens is 1. The molecule has 0 fully saturated rings. The molecule has 0 saturated carbocycles. The van der Waals surface area contributed by atoms with Crippen LogP contribution in [-0.4, -0.2) is 80.8 Å². The van der Waals surface area contributed by atoms with E-state index in [1.54, 1.807) is 0 Å². The zero-order chi connectivity index (χ0) is 42.1. The van der Waals surface area contributed by atoms with Crippen LogP contribution in [-0.2, 0) is 43.4 Å². The highest BCUT2D eigenvalue weighted by Crippen LogP contribution is 2.40. The van der Waals surface area contributed by atoms with Gasteiger partial charge < -0.3 is 29.7 Å². The summed E-state index contributed by atoms with van der Waals surface area (Å²) in [7, 11) is 0. The number of carbonyl (C=O) groups is 1. The molecule has 0 bridgehead atoms. The predicted octanol–water partition coefficient (Wildman–Crippen LogP) is 7.18. The first kappa shape index (κ1) is 41.5. The second kappa shape index (κ2) is 16.9. The molecule has 0 aliphatic heterocycles. The zero-order valence-corrected chi connectivity index (χ0v) is 35.0. The van der Waals surface area contributed by atoms with E-state index >= 15 is 0 Å². The number of carboxylic acid groups (broad SMARTS) is 1. The van der Waals surface area contributed by atoms with Gasteiger partial charge in [-0.1, -0.05) is 38.0 Å². The number of fused-ring (bicyclic) bond motifs is 2. The Bertz CT molecular complexity index is 2400. The molecule has 312 valence electrons. The molecule has 4 heterocycles. The third-order valence-corrected chi connectivity index (χ3v) is 11.5. The summed E-state index contributed by atoms with van der Waals surface area (Å²) < 4.78 is 13.2. The summed E-state index contributed by atoms with van der Waals surface area (Å²) in [6, 6.07) is 11.5. The van der Waals surface area contributed by atoms with Crippen LogP contribution in [0.5, 0.6) is 0 Å². The lowest BCUT2D eigenvalue weighted by Crippen LogP contribution is -2.24. The normalized spacial score (nSPS) is 15.8. The Morgan fingerprint density at radius 2 is 1.51 bits per heavy atom. The molecule has 0 saturated heterocycles. The van der Waals surface area contributed by atoms with E-state index in [2.05, 4.69) is 75.1 Å². The molecule has 4 aromatic heterocycles. The molecule has 0 radical (unpaired) electrons. The molecule has 6 aromatic rings. The van der Waals surface area contributed by atoms with Crippen molar-refractivity contribution in [2.24, 2.45) is 10.8 Å². The number of aryl methyl sites for hydroxylation is 3. The Kier molecular flexibility index (Phi) is 11.9. The van der Waals surface area contributed by atoms with Gasteiger partial charge in [-0.3, -0.25) is 14.6 Å². The van der Waals surface area contributed by atoms with E-state index in [0.29, 0.717) is 36.4 Å². The molecular weight excluding hydrogens is 751 g/mol. The van der Waals surface area contributed by atoms with E-state index in [1.165, 1.54) is 16.8 Å². The number of benzene rings is 2. The van der Waals surface area contributed by atoms with Crippen molar-refractivity contribution in [2.75, 3.05) is 18.5 Å². The Labute approximate surface area is 343 Å². The Morgan fingerprint density at radius 1 is 0.898 bits per heavy atom. The SMILES string of the molecule is CCn1nc(-c2nc(-c3ccc(NCCC(=O)O)cc3)no2)c2c1CC(C)(C)CC2.Cc1cc(-c2noc(-c3n[nH]c4c3CCC(C)(C)C4)n2)cc(C)c1CC(O)CO. The van der Waals surface area contributed by atoms with Gasteiger partial charge >= 0.3 is 5.97 Å². The van der Waals surface area contributed by atoms with Crippen LogP contribution in [0.15, 0.2) is 45.4 Å². The predicted molar refractivity (Wildman–Crippen MR) is 223 cm³/mol. The molecule has 8 rings (SSSR count). The van der Waals surface area contributed by atoms with Crippen LogP contribution >= 0.6 is 0 Å². The highest BCUT2D eigenvalue weighted by atomic mass is 16.5. The fourth-order valence-electron chi connectivity index (χ4n) is 8.13. The third-order valence-electron chi connectivity index (χ3n) is 11.5. The fourth-order valence-corrected chi connectivity index (χ4v) is 8.13. The van der Waals surface area contributed by atoms with E-state index in [4.69, 9.17) is 24.4 Å². The molecular formula is C44H55N9O6. The lowest BCUT2D eigenvalue weighted by molar-refractivity contribution is -0.136. The number of rotatable bonds is 12. The van der Waals surface area contributed by atoms with Crippen molar-refractivity contribution in [2.45, 2.75) is 112 Å². The van der Waals surface area contributed by atoms with Gasteiger partial charge in [-0.25, -0.2) is 0 Å². The van der Waals surface area contributed by atoms with E-state index in [9.17, 15) is 9.90 Å². The summed E-state index contributed by atoms with van der Waals surface area (Å²) in [6.07, 6.45) is 5.83. The highest BCUT2D eigenvalue weighted by molar-refractivity contribution is 5.68. The van der Waals surface area contributed by atoms with Crippen molar-refractivity contribution in [3.05, 3.63) is 75.6 Å². The van der Waals surface area contributed by atoms with Gasteiger partial charge in [0, 0.05) is 58.8 Å². The summed E-state index contributed by atoms with van der Waals surface area (Å²) in [5.41, 5.74) is 12.6.